The van der Waals surface area contributed by atoms with E-state index in [0.29, 0.717) is 98.4 Å². The molecule has 200 valence electrons. The summed E-state index contributed by atoms with van der Waals surface area (Å²) in [4.78, 5) is 13.4. The van der Waals surface area contributed by atoms with Gasteiger partial charge in [0.1, 0.15) is 42.8 Å². The van der Waals surface area contributed by atoms with Crippen molar-refractivity contribution in [2.75, 3.05) is 66.6 Å². The van der Waals surface area contributed by atoms with Crippen LogP contribution in [-0.2, 0) is 14.2 Å². The molecule has 2 aromatic rings. The monoisotopic (exact) mass is 542 g/mol. The third-order valence-corrected chi connectivity index (χ3v) is 6.31. The smallest absolute Gasteiger partial charge is 0.191 e. The summed E-state index contributed by atoms with van der Waals surface area (Å²) in [5, 5.41) is 0.924. The largest absolute Gasteiger partial charge is 0.496 e. The number of benzene rings is 2. The Kier molecular flexibility index (Phi) is 14.5. The highest BCUT2D eigenvalue weighted by molar-refractivity contribution is 7.66. The summed E-state index contributed by atoms with van der Waals surface area (Å²) < 4.78 is 39.5. The fourth-order valence-corrected chi connectivity index (χ4v) is 4.62. The SMILES string of the molecule is CCOCCOc1cc(OCCOCC)c(PC(=O)c2c(Cl)cccc2OC)c(OCCOCC)c1. The first kappa shape index (κ1) is 30.1. The fourth-order valence-electron chi connectivity index (χ4n) is 3.14. The summed E-state index contributed by atoms with van der Waals surface area (Å²) in [6.07, 6.45) is 0. The first-order valence-electron chi connectivity index (χ1n) is 12.0. The topological polar surface area (TPSA) is 81.7 Å². The van der Waals surface area contributed by atoms with Crippen molar-refractivity contribution in [1.82, 2.24) is 0 Å². The molecule has 0 fully saturated rings. The Morgan fingerprint density at radius 1 is 0.778 bits per heavy atom. The molecule has 0 aliphatic carbocycles. The quantitative estimate of drug-likeness (QED) is 0.186. The van der Waals surface area contributed by atoms with E-state index in [1.807, 2.05) is 20.8 Å². The molecular formula is C26H36ClO8P. The van der Waals surface area contributed by atoms with E-state index >= 15 is 0 Å². The molecule has 0 saturated heterocycles. The van der Waals surface area contributed by atoms with Crippen molar-refractivity contribution >= 4 is 31.0 Å². The Labute approximate surface area is 220 Å². The maximum absolute atomic E-state index is 13.4. The highest BCUT2D eigenvalue weighted by Crippen LogP contribution is 2.38. The standard InChI is InChI=1S/C26H36ClO8P/c1-5-30-11-14-33-19-17-22(34-15-12-31-6-2)25(23(18-19)35-16-13-32-7-3)36-26(28)24-20(27)9-8-10-21(24)29-4/h8-10,17-18,36H,5-7,11-16H2,1-4H3. The molecule has 0 N–H and O–H groups in total. The molecule has 0 amide bonds. The molecule has 2 aromatic carbocycles. The van der Waals surface area contributed by atoms with Gasteiger partial charge in [-0.05, 0) is 41.5 Å². The number of hydrogen-bond donors (Lipinski definition) is 0. The van der Waals surface area contributed by atoms with E-state index in [2.05, 4.69) is 0 Å². The number of ether oxygens (including phenoxy) is 7. The lowest BCUT2D eigenvalue weighted by Crippen LogP contribution is -2.17. The van der Waals surface area contributed by atoms with Crippen molar-refractivity contribution < 1.29 is 38.0 Å². The summed E-state index contributed by atoms with van der Waals surface area (Å²) in [5.41, 5.74) is 0.115. The van der Waals surface area contributed by atoms with Crippen molar-refractivity contribution in [3.63, 3.8) is 0 Å². The van der Waals surface area contributed by atoms with E-state index in [0.717, 1.165) is 0 Å². The van der Waals surface area contributed by atoms with Gasteiger partial charge in [-0.15, -0.1) is 0 Å². The molecule has 0 spiro atoms. The van der Waals surface area contributed by atoms with Crippen LogP contribution in [0.5, 0.6) is 23.0 Å². The second-order valence-corrected chi connectivity index (χ2v) is 8.81. The maximum Gasteiger partial charge on any atom is 0.191 e. The number of hydrogen-bond acceptors (Lipinski definition) is 8. The summed E-state index contributed by atoms with van der Waals surface area (Å²) in [5.74, 6) is 1.91. The maximum atomic E-state index is 13.4. The molecule has 0 aliphatic rings. The van der Waals surface area contributed by atoms with Gasteiger partial charge in [0.05, 0.1) is 42.8 Å². The van der Waals surface area contributed by atoms with Gasteiger partial charge in [-0.25, -0.2) is 0 Å². The average molecular weight is 543 g/mol. The highest BCUT2D eigenvalue weighted by Gasteiger charge is 2.23. The van der Waals surface area contributed by atoms with Crippen LogP contribution in [0.3, 0.4) is 0 Å². The minimum Gasteiger partial charge on any atom is -0.496 e. The summed E-state index contributed by atoms with van der Waals surface area (Å²) in [7, 11) is 1.16. The van der Waals surface area contributed by atoms with Gasteiger partial charge >= 0.3 is 0 Å². The van der Waals surface area contributed by atoms with Crippen molar-refractivity contribution in [3.05, 3.63) is 40.9 Å². The predicted octanol–water partition coefficient (Wildman–Crippen LogP) is 4.74. The lowest BCUT2D eigenvalue weighted by atomic mass is 10.2. The second-order valence-electron chi connectivity index (χ2n) is 7.20. The molecule has 1 unspecified atom stereocenters. The van der Waals surface area contributed by atoms with E-state index < -0.39 is 0 Å². The molecule has 0 aromatic heterocycles. The third kappa shape index (κ3) is 9.75. The van der Waals surface area contributed by atoms with Crippen LogP contribution in [0.1, 0.15) is 31.1 Å². The number of carbonyl (C=O) groups is 1. The van der Waals surface area contributed by atoms with Gasteiger partial charge in [-0.3, -0.25) is 4.79 Å². The minimum absolute atomic E-state index is 0.202. The lowest BCUT2D eigenvalue weighted by molar-refractivity contribution is 0.105. The average Bonchev–Trinajstić information content (AvgIpc) is 2.88. The first-order valence-corrected chi connectivity index (χ1v) is 13.4. The van der Waals surface area contributed by atoms with Crippen LogP contribution < -0.4 is 24.3 Å². The number of halogens is 1. The number of methoxy groups -OCH3 is 1. The Morgan fingerprint density at radius 2 is 1.31 bits per heavy atom. The number of carbonyl (C=O) groups excluding carboxylic acids is 1. The molecule has 0 bridgehead atoms. The molecule has 36 heavy (non-hydrogen) atoms. The fraction of sp³-hybridized carbons (Fsp3) is 0.500. The zero-order valence-corrected chi connectivity index (χ0v) is 23.2. The summed E-state index contributed by atoms with van der Waals surface area (Å²) in [6.45, 7) is 9.75. The Bertz CT molecular complexity index is 907. The predicted molar refractivity (Wildman–Crippen MR) is 143 cm³/mol. The van der Waals surface area contributed by atoms with Gasteiger partial charge in [0.25, 0.3) is 0 Å². The van der Waals surface area contributed by atoms with Crippen molar-refractivity contribution in [2.24, 2.45) is 0 Å². The molecule has 0 aliphatic heterocycles. The Hall–Kier alpha value is -2.09. The van der Waals surface area contributed by atoms with Crippen LogP contribution in [0.15, 0.2) is 30.3 Å². The molecule has 0 saturated carbocycles. The van der Waals surface area contributed by atoms with E-state index in [9.17, 15) is 4.79 Å². The summed E-state index contributed by atoms with van der Waals surface area (Å²) in [6, 6.07) is 8.62. The van der Waals surface area contributed by atoms with Gasteiger partial charge in [-0.1, -0.05) is 17.7 Å². The van der Waals surface area contributed by atoms with Gasteiger partial charge in [-0.2, -0.15) is 0 Å². The van der Waals surface area contributed by atoms with E-state index in [1.54, 1.807) is 30.3 Å². The zero-order chi connectivity index (χ0) is 26.2. The molecule has 10 heteroatoms. The zero-order valence-electron chi connectivity index (χ0n) is 21.4. The molecule has 0 heterocycles. The van der Waals surface area contributed by atoms with Gasteiger partial charge in [0.15, 0.2) is 5.52 Å². The summed E-state index contributed by atoms with van der Waals surface area (Å²) >= 11 is 6.37. The molecule has 1 atom stereocenters. The Balaban J connectivity index is 2.41. The lowest BCUT2D eigenvalue weighted by Gasteiger charge is -2.19. The van der Waals surface area contributed by atoms with Crippen molar-refractivity contribution in [1.29, 1.82) is 0 Å². The highest BCUT2D eigenvalue weighted by atomic mass is 35.5. The molecule has 2 rings (SSSR count). The second kappa shape index (κ2) is 17.4. The van der Waals surface area contributed by atoms with E-state index in [-0.39, 0.29) is 14.1 Å². The third-order valence-electron chi connectivity index (χ3n) is 4.78. The van der Waals surface area contributed by atoms with Crippen molar-refractivity contribution in [2.45, 2.75) is 20.8 Å². The van der Waals surface area contributed by atoms with Crippen molar-refractivity contribution in [3.8, 4) is 23.0 Å². The van der Waals surface area contributed by atoms with Crippen LogP contribution in [0, 0.1) is 0 Å². The van der Waals surface area contributed by atoms with Gasteiger partial charge < -0.3 is 33.2 Å². The van der Waals surface area contributed by atoms with E-state index in [4.69, 9.17) is 44.8 Å². The van der Waals surface area contributed by atoms with Crippen LogP contribution in [0.2, 0.25) is 5.02 Å². The van der Waals surface area contributed by atoms with Gasteiger partial charge in [0, 0.05) is 32.0 Å². The normalized spacial score (nSPS) is 11.1. The minimum atomic E-state index is -0.343. The van der Waals surface area contributed by atoms with E-state index in [1.165, 1.54) is 7.11 Å². The molecule has 0 radical (unpaired) electrons. The number of rotatable bonds is 19. The van der Waals surface area contributed by atoms with Gasteiger partial charge in [0.2, 0.25) is 0 Å². The molecular weight excluding hydrogens is 507 g/mol. The van der Waals surface area contributed by atoms with Crippen LogP contribution >= 0.6 is 20.2 Å². The Morgan fingerprint density at radius 3 is 1.81 bits per heavy atom. The first-order chi connectivity index (χ1) is 17.5. The molecule has 8 nitrogen and oxygen atoms in total. The van der Waals surface area contributed by atoms with Crippen LogP contribution in [-0.4, -0.2) is 72.1 Å². The van der Waals surface area contributed by atoms with Crippen LogP contribution in [0.4, 0.5) is 0 Å². The van der Waals surface area contributed by atoms with Crippen LogP contribution in [0.25, 0.3) is 0 Å².